The van der Waals surface area contributed by atoms with E-state index in [1.165, 1.54) is 0 Å². The Bertz CT molecular complexity index is 789. The predicted molar refractivity (Wildman–Crippen MR) is 90.3 cm³/mol. The van der Waals surface area contributed by atoms with Crippen LogP contribution in [0, 0.1) is 0 Å². The van der Waals surface area contributed by atoms with Crippen molar-refractivity contribution < 1.29 is 17.9 Å². The van der Waals surface area contributed by atoms with Crippen molar-refractivity contribution >= 4 is 21.8 Å². The van der Waals surface area contributed by atoms with Gasteiger partial charge in [-0.2, -0.15) is 0 Å². The molecular weight excluding hydrogens is 330 g/mol. The maximum Gasteiger partial charge on any atom is 0.259 e. The number of fused-ring (bicyclic) bond motifs is 1. The van der Waals surface area contributed by atoms with Gasteiger partial charge in [-0.25, -0.2) is 8.42 Å². The summed E-state index contributed by atoms with van der Waals surface area (Å²) in [6.45, 7) is 2.67. The SMILES string of the molecule is CC(=O)N1CCCCC1COc1cccc2c1C(N)=NS(=O)(=O)C2. The molecule has 7 nitrogen and oxygen atoms in total. The van der Waals surface area contributed by atoms with Crippen LogP contribution < -0.4 is 10.5 Å². The molecule has 8 heteroatoms. The second kappa shape index (κ2) is 6.43. The first-order chi connectivity index (χ1) is 11.4. The molecule has 0 bridgehead atoms. The molecule has 1 unspecified atom stereocenters. The van der Waals surface area contributed by atoms with Crippen LogP contribution in [-0.4, -0.2) is 44.3 Å². The van der Waals surface area contributed by atoms with Crippen LogP contribution in [0.1, 0.15) is 37.3 Å². The molecule has 1 saturated heterocycles. The van der Waals surface area contributed by atoms with E-state index in [2.05, 4.69) is 4.40 Å². The van der Waals surface area contributed by atoms with Crippen LogP contribution in [0.3, 0.4) is 0 Å². The van der Waals surface area contributed by atoms with Crippen molar-refractivity contribution in [3.05, 3.63) is 29.3 Å². The van der Waals surface area contributed by atoms with Crippen LogP contribution in [0.2, 0.25) is 0 Å². The van der Waals surface area contributed by atoms with E-state index in [0.717, 1.165) is 25.8 Å². The van der Waals surface area contributed by atoms with Crippen LogP contribution in [0.4, 0.5) is 0 Å². The molecule has 0 spiro atoms. The zero-order chi connectivity index (χ0) is 17.3. The van der Waals surface area contributed by atoms with E-state index in [0.29, 0.717) is 23.5 Å². The number of nitrogens with zero attached hydrogens (tertiary/aromatic N) is 2. The summed E-state index contributed by atoms with van der Waals surface area (Å²) in [7, 11) is -3.56. The number of piperidine rings is 1. The molecule has 3 rings (SSSR count). The van der Waals surface area contributed by atoms with E-state index in [1.807, 2.05) is 4.90 Å². The second-order valence-corrected chi connectivity index (χ2v) is 7.80. The number of nitrogens with two attached hydrogens (primary N) is 1. The van der Waals surface area contributed by atoms with Crippen LogP contribution >= 0.6 is 0 Å². The summed E-state index contributed by atoms with van der Waals surface area (Å²) in [5, 5.41) is 0. The van der Waals surface area contributed by atoms with Gasteiger partial charge >= 0.3 is 0 Å². The highest BCUT2D eigenvalue weighted by Gasteiger charge is 2.28. The molecule has 24 heavy (non-hydrogen) atoms. The lowest BCUT2D eigenvalue weighted by molar-refractivity contribution is -0.133. The number of amidine groups is 1. The van der Waals surface area contributed by atoms with Gasteiger partial charge in [-0.3, -0.25) is 4.79 Å². The third-order valence-corrected chi connectivity index (χ3v) is 5.56. The molecule has 1 aromatic carbocycles. The van der Waals surface area contributed by atoms with Gasteiger partial charge in [0.25, 0.3) is 10.0 Å². The molecule has 2 N–H and O–H groups in total. The van der Waals surface area contributed by atoms with Gasteiger partial charge in [-0.15, -0.1) is 4.40 Å². The fourth-order valence-electron chi connectivity index (χ4n) is 3.31. The Morgan fingerprint density at radius 1 is 1.42 bits per heavy atom. The third-order valence-electron chi connectivity index (χ3n) is 4.41. The molecule has 0 radical (unpaired) electrons. The molecular formula is C16H21N3O4S. The smallest absolute Gasteiger partial charge is 0.259 e. The van der Waals surface area contributed by atoms with Crippen LogP contribution in [0.5, 0.6) is 5.75 Å². The summed E-state index contributed by atoms with van der Waals surface area (Å²) in [6, 6.07) is 5.23. The van der Waals surface area contributed by atoms with Crippen molar-refractivity contribution in [2.24, 2.45) is 10.1 Å². The number of benzene rings is 1. The highest BCUT2D eigenvalue weighted by atomic mass is 32.2. The summed E-state index contributed by atoms with van der Waals surface area (Å²) in [4.78, 5) is 13.6. The number of likely N-dealkylation sites (tertiary alicyclic amines) is 1. The Kier molecular flexibility index (Phi) is 4.49. The summed E-state index contributed by atoms with van der Waals surface area (Å²) in [5.41, 5.74) is 6.96. The summed E-state index contributed by atoms with van der Waals surface area (Å²) < 4.78 is 32.9. The maximum atomic E-state index is 11.7. The number of carbonyl (C=O) groups excluding carboxylic acids is 1. The highest BCUT2D eigenvalue weighted by Crippen LogP contribution is 2.29. The fourth-order valence-corrected chi connectivity index (χ4v) is 4.40. The molecule has 0 aromatic heterocycles. The van der Waals surface area contributed by atoms with Crippen LogP contribution in [0.25, 0.3) is 0 Å². The zero-order valence-electron chi connectivity index (χ0n) is 13.6. The summed E-state index contributed by atoms with van der Waals surface area (Å²) >= 11 is 0. The van der Waals surface area contributed by atoms with Crippen molar-refractivity contribution in [3.8, 4) is 5.75 Å². The molecule has 2 aliphatic rings. The molecule has 1 aromatic rings. The van der Waals surface area contributed by atoms with Crippen molar-refractivity contribution in [3.63, 3.8) is 0 Å². The van der Waals surface area contributed by atoms with E-state index in [-0.39, 0.29) is 23.5 Å². The van der Waals surface area contributed by atoms with Gasteiger partial charge in [0.15, 0.2) is 0 Å². The van der Waals surface area contributed by atoms with Gasteiger partial charge in [-0.05, 0) is 30.9 Å². The minimum Gasteiger partial charge on any atom is -0.491 e. The molecule has 1 fully saturated rings. The lowest BCUT2D eigenvalue weighted by Gasteiger charge is -2.35. The lowest BCUT2D eigenvalue weighted by Crippen LogP contribution is -2.45. The highest BCUT2D eigenvalue weighted by molar-refractivity contribution is 7.89. The van der Waals surface area contributed by atoms with E-state index in [9.17, 15) is 13.2 Å². The average molecular weight is 351 g/mol. The van der Waals surface area contributed by atoms with Gasteiger partial charge in [0.05, 0.1) is 17.4 Å². The van der Waals surface area contributed by atoms with E-state index in [1.54, 1.807) is 25.1 Å². The molecule has 0 saturated carbocycles. The topological polar surface area (TPSA) is 102 Å². The third kappa shape index (κ3) is 3.38. The molecule has 1 atom stereocenters. The minimum atomic E-state index is -3.56. The van der Waals surface area contributed by atoms with Crippen molar-refractivity contribution in [1.82, 2.24) is 4.90 Å². The van der Waals surface area contributed by atoms with Gasteiger partial charge in [0.1, 0.15) is 18.2 Å². The molecule has 1 amide bonds. The molecule has 2 heterocycles. The largest absolute Gasteiger partial charge is 0.491 e. The van der Waals surface area contributed by atoms with E-state index < -0.39 is 10.0 Å². The Labute approximate surface area is 141 Å². The van der Waals surface area contributed by atoms with Gasteiger partial charge in [0.2, 0.25) is 5.91 Å². The Morgan fingerprint density at radius 3 is 2.96 bits per heavy atom. The summed E-state index contributed by atoms with van der Waals surface area (Å²) in [6.07, 6.45) is 2.97. The number of hydrogen-bond acceptors (Lipinski definition) is 5. The summed E-state index contributed by atoms with van der Waals surface area (Å²) in [5.74, 6) is 0.339. The van der Waals surface area contributed by atoms with Gasteiger partial charge in [-0.1, -0.05) is 12.1 Å². The average Bonchev–Trinajstić information content (AvgIpc) is 2.51. The van der Waals surface area contributed by atoms with E-state index >= 15 is 0 Å². The van der Waals surface area contributed by atoms with Crippen LogP contribution in [-0.2, 0) is 20.6 Å². The molecule has 130 valence electrons. The van der Waals surface area contributed by atoms with Gasteiger partial charge < -0.3 is 15.4 Å². The Hall–Kier alpha value is -2.09. The standard InChI is InChI=1S/C16H21N3O4S/c1-11(20)19-8-3-2-6-13(19)9-23-14-7-4-5-12-10-24(21,22)18-16(17)15(12)14/h4-5,7,13H,2-3,6,8-10H2,1H3,(H2,17,18). The lowest BCUT2D eigenvalue weighted by atomic mass is 10.0. The monoisotopic (exact) mass is 351 g/mol. The van der Waals surface area contributed by atoms with Crippen molar-refractivity contribution in [1.29, 1.82) is 0 Å². The Morgan fingerprint density at radius 2 is 2.21 bits per heavy atom. The molecule has 2 aliphatic heterocycles. The zero-order valence-corrected chi connectivity index (χ0v) is 14.4. The first-order valence-corrected chi connectivity index (χ1v) is 9.59. The van der Waals surface area contributed by atoms with Crippen molar-refractivity contribution in [2.75, 3.05) is 13.2 Å². The maximum absolute atomic E-state index is 11.7. The predicted octanol–water partition coefficient (Wildman–Crippen LogP) is 1.02. The van der Waals surface area contributed by atoms with Crippen molar-refractivity contribution in [2.45, 2.75) is 38.0 Å². The number of rotatable bonds is 3. The quantitative estimate of drug-likeness (QED) is 0.876. The number of carbonyl (C=O) groups is 1. The van der Waals surface area contributed by atoms with Gasteiger partial charge in [0, 0.05) is 13.5 Å². The number of ether oxygens (including phenoxy) is 1. The first kappa shape index (κ1) is 16.8. The normalized spacial score (nSPS) is 22.5. The number of hydrogen-bond donors (Lipinski definition) is 1. The second-order valence-electron chi connectivity index (χ2n) is 6.17. The first-order valence-electron chi connectivity index (χ1n) is 7.98. The number of amides is 1. The van der Waals surface area contributed by atoms with Crippen LogP contribution in [0.15, 0.2) is 22.6 Å². The fraction of sp³-hybridized carbons (Fsp3) is 0.500. The van der Waals surface area contributed by atoms with E-state index in [4.69, 9.17) is 10.5 Å². The minimum absolute atomic E-state index is 0.0255. The Balaban J connectivity index is 1.81. The number of sulfonamides is 1. The molecule has 0 aliphatic carbocycles.